The van der Waals surface area contributed by atoms with Gasteiger partial charge < -0.3 is 9.73 Å². The lowest BCUT2D eigenvalue weighted by Gasteiger charge is -2.31. The van der Waals surface area contributed by atoms with Gasteiger partial charge in [0, 0.05) is 22.8 Å². The summed E-state index contributed by atoms with van der Waals surface area (Å²) in [6.07, 6.45) is 2.07. The number of carbonyl (C=O) groups excluding carboxylic acids is 2. The Labute approximate surface area is 205 Å². The summed E-state index contributed by atoms with van der Waals surface area (Å²) in [6.45, 7) is 0.309. The normalized spacial score (nSPS) is 16.6. The molecule has 2 aliphatic heterocycles. The minimum absolute atomic E-state index is 0.155. The Morgan fingerprint density at radius 1 is 1.09 bits per heavy atom. The molecule has 0 radical (unpaired) electrons. The lowest BCUT2D eigenvalue weighted by molar-refractivity contribution is -0.122. The zero-order chi connectivity index (χ0) is 23.5. The van der Waals surface area contributed by atoms with Crippen molar-refractivity contribution in [2.24, 2.45) is 9.98 Å². The highest BCUT2D eigenvalue weighted by molar-refractivity contribution is 8.13. The molecule has 2 aromatic carbocycles. The van der Waals surface area contributed by atoms with E-state index >= 15 is 0 Å². The third-order valence-corrected chi connectivity index (χ3v) is 6.98. The largest absolute Gasteiger partial charge is 0.467 e. The molecule has 172 valence electrons. The molecule has 34 heavy (non-hydrogen) atoms. The molecule has 5 rings (SSSR count). The molecule has 7 nitrogen and oxygen atoms in total. The first-order chi connectivity index (χ1) is 16.6. The second kappa shape index (κ2) is 9.87. The Morgan fingerprint density at radius 2 is 1.91 bits per heavy atom. The number of aliphatic imine (C=N–C) groups is 2. The Hall–Kier alpha value is -3.36. The molecular formula is C25H21ClN4O3S. The van der Waals surface area contributed by atoms with E-state index in [9.17, 15) is 9.59 Å². The van der Waals surface area contributed by atoms with E-state index in [0.717, 1.165) is 16.8 Å². The standard InChI is InChI=1S/C25H21ClN4O3S/c26-19-9-3-1-6-16(19)15-34-25-28-20-10-4-2-8-18(20)23-29-24(32)21(30(23)25)11-12-22(31)27-14-17-7-5-13-33-17/h1-10,13,21H,11-12,14-15H2,(H,27,31). The molecule has 1 N–H and O–H groups in total. The van der Waals surface area contributed by atoms with Crippen molar-refractivity contribution in [1.82, 2.24) is 10.2 Å². The molecule has 9 heteroatoms. The van der Waals surface area contributed by atoms with Crippen LogP contribution in [-0.2, 0) is 21.9 Å². The molecule has 2 amide bonds. The molecule has 1 atom stereocenters. The van der Waals surface area contributed by atoms with Crippen LogP contribution in [-0.4, -0.2) is 33.8 Å². The monoisotopic (exact) mass is 492 g/mol. The van der Waals surface area contributed by atoms with Gasteiger partial charge in [0.15, 0.2) is 5.17 Å². The van der Waals surface area contributed by atoms with Crippen molar-refractivity contribution in [1.29, 1.82) is 0 Å². The zero-order valence-electron chi connectivity index (χ0n) is 18.1. The number of para-hydroxylation sites is 1. The molecule has 0 aliphatic carbocycles. The Kier molecular flexibility index (Phi) is 6.51. The maximum atomic E-state index is 12.9. The molecule has 0 saturated heterocycles. The molecular weight excluding hydrogens is 472 g/mol. The molecule has 0 fully saturated rings. The molecule has 0 spiro atoms. The van der Waals surface area contributed by atoms with Gasteiger partial charge in [0.05, 0.1) is 18.5 Å². The second-order valence-corrected chi connectivity index (χ2v) is 9.20. The number of rotatable bonds is 7. The zero-order valence-corrected chi connectivity index (χ0v) is 19.7. The number of fused-ring (bicyclic) bond motifs is 3. The van der Waals surface area contributed by atoms with Gasteiger partial charge in [0.2, 0.25) is 5.91 Å². The quantitative estimate of drug-likeness (QED) is 0.505. The van der Waals surface area contributed by atoms with Crippen LogP contribution >= 0.6 is 23.4 Å². The van der Waals surface area contributed by atoms with Crippen LogP contribution in [0.15, 0.2) is 81.3 Å². The number of hydrogen-bond acceptors (Lipinski definition) is 6. The summed E-state index contributed by atoms with van der Waals surface area (Å²) in [6, 6.07) is 18.3. The second-order valence-electron chi connectivity index (χ2n) is 7.85. The highest BCUT2D eigenvalue weighted by Gasteiger charge is 2.41. The van der Waals surface area contributed by atoms with E-state index in [0.29, 0.717) is 40.5 Å². The third-order valence-electron chi connectivity index (χ3n) is 5.61. The number of nitrogens with one attached hydrogen (secondary N) is 1. The fourth-order valence-electron chi connectivity index (χ4n) is 3.89. The topological polar surface area (TPSA) is 87.3 Å². The van der Waals surface area contributed by atoms with Gasteiger partial charge in [-0.15, -0.1) is 0 Å². The molecule has 2 aliphatic rings. The summed E-state index contributed by atoms with van der Waals surface area (Å²) in [4.78, 5) is 36.4. The number of carbonyl (C=O) groups is 2. The Balaban J connectivity index is 1.33. The number of halogens is 1. The fraction of sp³-hybridized carbons (Fsp3) is 0.200. The Bertz CT molecular complexity index is 1290. The lowest BCUT2D eigenvalue weighted by atomic mass is 10.1. The van der Waals surface area contributed by atoms with Crippen LogP contribution in [0.5, 0.6) is 0 Å². The predicted molar refractivity (Wildman–Crippen MR) is 133 cm³/mol. The van der Waals surface area contributed by atoms with Gasteiger partial charge in [-0.2, -0.15) is 4.99 Å². The highest BCUT2D eigenvalue weighted by Crippen LogP contribution is 2.36. The number of amidine groups is 2. The molecule has 1 aromatic heterocycles. The van der Waals surface area contributed by atoms with Crippen molar-refractivity contribution in [3.63, 3.8) is 0 Å². The van der Waals surface area contributed by atoms with Gasteiger partial charge in [0.25, 0.3) is 5.91 Å². The molecule has 0 bridgehead atoms. The van der Waals surface area contributed by atoms with E-state index in [-0.39, 0.29) is 18.2 Å². The van der Waals surface area contributed by atoms with Crippen molar-refractivity contribution in [2.75, 3.05) is 0 Å². The number of benzene rings is 2. The average molecular weight is 493 g/mol. The summed E-state index contributed by atoms with van der Waals surface area (Å²) in [7, 11) is 0. The van der Waals surface area contributed by atoms with Gasteiger partial charge in [-0.3, -0.25) is 14.5 Å². The van der Waals surface area contributed by atoms with Crippen molar-refractivity contribution >= 4 is 51.9 Å². The third kappa shape index (κ3) is 4.64. The number of furan rings is 1. The van der Waals surface area contributed by atoms with E-state index in [2.05, 4.69) is 10.3 Å². The minimum atomic E-state index is -0.588. The summed E-state index contributed by atoms with van der Waals surface area (Å²) < 4.78 is 5.25. The van der Waals surface area contributed by atoms with Gasteiger partial charge in [0.1, 0.15) is 17.6 Å². The van der Waals surface area contributed by atoms with E-state index in [4.69, 9.17) is 21.0 Å². The first-order valence-electron chi connectivity index (χ1n) is 10.9. The Morgan fingerprint density at radius 3 is 2.74 bits per heavy atom. The number of nitrogens with zero attached hydrogens (tertiary/aromatic N) is 3. The van der Waals surface area contributed by atoms with Crippen molar-refractivity contribution in [2.45, 2.75) is 31.2 Å². The van der Waals surface area contributed by atoms with Gasteiger partial charge in [-0.05, 0) is 42.3 Å². The minimum Gasteiger partial charge on any atom is -0.467 e. The molecule has 3 aromatic rings. The summed E-state index contributed by atoms with van der Waals surface area (Å²) in [5.74, 6) is 1.43. The maximum absolute atomic E-state index is 12.9. The summed E-state index contributed by atoms with van der Waals surface area (Å²) in [5.41, 5.74) is 2.56. The van der Waals surface area contributed by atoms with Crippen molar-refractivity contribution in [3.8, 4) is 0 Å². The number of amides is 2. The smallest absolute Gasteiger partial charge is 0.270 e. The van der Waals surface area contributed by atoms with Crippen LogP contribution in [0.4, 0.5) is 5.69 Å². The van der Waals surface area contributed by atoms with Gasteiger partial charge >= 0.3 is 0 Å². The molecule has 1 unspecified atom stereocenters. The lowest BCUT2D eigenvalue weighted by Crippen LogP contribution is -2.44. The predicted octanol–water partition coefficient (Wildman–Crippen LogP) is 4.92. The first-order valence-corrected chi connectivity index (χ1v) is 12.2. The van der Waals surface area contributed by atoms with Crippen molar-refractivity contribution < 1.29 is 14.0 Å². The van der Waals surface area contributed by atoms with Crippen LogP contribution in [0, 0.1) is 0 Å². The van der Waals surface area contributed by atoms with Gasteiger partial charge in [-0.1, -0.05) is 53.7 Å². The number of hydrogen-bond donors (Lipinski definition) is 1. The van der Waals surface area contributed by atoms with E-state index < -0.39 is 6.04 Å². The first kappa shape index (κ1) is 22.4. The van der Waals surface area contributed by atoms with E-state index in [1.165, 1.54) is 11.8 Å². The number of thioether (sulfide) groups is 1. The SMILES string of the molecule is O=C(CCC1C(=O)N=C2c3ccccc3N=C(SCc3ccccc3Cl)N21)NCc1ccco1. The molecule has 0 saturated carbocycles. The maximum Gasteiger partial charge on any atom is 0.270 e. The van der Waals surface area contributed by atoms with E-state index in [1.54, 1.807) is 18.4 Å². The van der Waals surface area contributed by atoms with Crippen LogP contribution in [0.3, 0.4) is 0 Å². The van der Waals surface area contributed by atoms with Gasteiger partial charge in [-0.25, -0.2) is 4.99 Å². The van der Waals surface area contributed by atoms with Crippen LogP contribution in [0.25, 0.3) is 0 Å². The summed E-state index contributed by atoms with van der Waals surface area (Å²) >= 11 is 7.84. The highest BCUT2D eigenvalue weighted by atomic mass is 35.5. The van der Waals surface area contributed by atoms with Crippen LogP contribution in [0.1, 0.15) is 29.7 Å². The van der Waals surface area contributed by atoms with E-state index in [1.807, 2.05) is 53.4 Å². The summed E-state index contributed by atoms with van der Waals surface area (Å²) in [5, 5.41) is 4.18. The fourth-order valence-corrected chi connectivity index (χ4v) is 5.22. The average Bonchev–Trinajstić information content (AvgIpc) is 3.48. The molecule has 3 heterocycles. The van der Waals surface area contributed by atoms with Crippen molar-refractivity contribution in [3.05, 3.63) is 88.8 Å². The van der Waals surface area contributed by atoms with Crippen LogP contribution < -0.4 is 5.32 Å². The van der Waals surface area contributed by atoms with Crippen LogP contribution in [0.2, 0.25) is 5.02 Å².